The Morgan fingerprint density at radius 3 is 2.27 bits per heavy atom. The van der Waals surface area contributed by atoms with Gasteiger partial charge in [-0.3, -0.25) is 14.6 Å². The van der Waals surface area contributed by atoms with Crippen LogP contribution in [0.3, 0.4) is 0 Å². The van der Waals surface area contributed by atoms with Gasteiger partial charge in [0.15, 0.2) is 0 Å². The SMILES string of the molecule is CCCCNC(=O)c1c(C)cc(C(=O)NCC[C@@H](C)N2CCC(N(Cc3cnccc3C)c3ccc(OC)cc3)CC2)cc1C. The van der Waals surface area contributed by atoms with Crippen LogP contribution in [-0.2, 0) is 6.54 Å². The number of carbonyl (C=O) groups is 2. The first-order valence-electron chi connectivity index (χ1n) is 16.4. The highest BCUT2D eigenvalue weighted by Gasteiger charge is 2.28. The number of benzene rings is 2. The molecule has 1 aromatic heterocycles. The highest BCUT2D eigenvalue weighted by molar-refractivity contribution is 6.00. The van der Waals surface area contributed by atoms with E-state index in [-0.39, 0.29) is 11.8 Å². The van der Waals surface area contributed by atoms with E-state index in [1.807, 2.05) is 50.5 Å². The molecule has 242 valence electrons. The highest BCUT2D eigenvalue weighted by Crippen LogP contribution is 2.29. The molecule has 0 aliphatic carbocycles. The summed E-state index contributed by atoms with van der Waals surface area (Å²) < 4.78 is 5.41. The lowest BCUT2D eigenvalue weighted by molar-refractivity contribution is 0.0935. The maximum absolute atomic E-state index is 13.0. The predicted octanol–water partition coefficient (Wildman–Crippen LogP) is 6.22. The zero-order valence-corrected chi connectivity index (χ0v) is 28.0. The number of piperidine rings is 1. The number of hydrogen-bond donors (Lipinski definition) is 2. The van der Waals surface area contributed by atoms with Crippen LogP contribution >= 0.6 is 0 Å². The molecule has 45 heavy (non-hydrogen) atoms. The van der Waals surface area contributed by atoms with Gasteiger partial charge in [-0.2, -0.15) is 0 Å². The number of carbonyl (C=O) groups excluding carboxylic acids is 2. The van der Waals surface area contributed by atoms with E-state index in [1.54, 1.807) is 7.11 Å². The van der Waals surface area contributed by atoms with Crippen LogP contribution in [0.15, 0.2) is 54.9 Å². The molecule has 1 aliphatic rings. The predicted molar refractivity (Wildman–Crippen MR) is 182 cm³/mol. The van der Waals surface area contributed by atoms with Crippen LogP contribution in [0.1, 0.15) is 88.9 Å². The zero-order chi connectivity index (χ0) is 32.3. The molecule has 0 unspecified atom stereocenters. The number of nitrogens with one attached hydrogen (secondary N) is 2. The molecule has 1 aliphatic heterocycles. The molecule has 2 aromatic carbocycles. The quantitative estimate of drug-likeness (QED) is 0.210. The van der Waals surface area contributed by atoms with E-state index in [4.69, 9.17) is 4.74 Å². The molecule has 0 spiro atoms. The minimum atomic E-state index is -0.0918. The molecule has 2 N–H and O–H groups in total. The molecular weight excluding hydrogens is 562 g/mol. The summed E-state index contributed by atoms with van der Waals surface area (Å²) in [5.41, 5.74) is 6.62. The van der Waals surface area contributed by atoms with Gasteiger partial charge in [-0.25, -0.2) is 0 Å². The van der Waals surface area contributed by atoms with Crippen molar-refractivity contribution in [2.45, 2.75) is 85.4 Å². The average Bonchev–Trinajstić information content (AvgIpc) is 3.04. The van der Waals surface area contributed by atoms with Crippen LogP contribution in [0.2, 0.25) is 0 Å². The molecule has 4 rings (SSSR count). The number of rotatable bonds is 14. The second-order valence-corrected chi connectivity index (χ2v) is 12.4. The Hall–Kier alpha value is -3.91. The van der Waals surface area contributed by atoms with Gasteiger partial charge >= 0.3 is 0 Å². The van der Waals surface area contributed by atoms with Crippen LogP contribution < -0.4 is 20.3 Å². The van der Waals surface area contributed by atoms with E-state index in [0.29, 0.717) is 36.3 Å². The van der Waals surface area contributed by atoms with Gasteiger partial charge in [0.2, 0.25) is 0 Å². The van der Waals surface area contributed by atoms with Crippen LogP contribution in [0.25, 0.3) is 0 Å². The Morgan fingerprint density at radius 2 is 1.64 bits per heavy atom. The summed E-state index contributed by atoms with van der Waals surface area (Å²) in [6, 6.07) is 14.9. The number of ether oxygens (including phenoxy) is 1. The second-order valence-electron chi connectivity index (χ2n) is 12.4. The summed E-state index contributed by atoms with van der Waals surface area (Å²) in [5.74, 6) is 0.702. The van der Waals surface area contributed by atoms with Crippen molar-refractivity contribution in [3.8, 4) is 5.75 Å². The van der Waals surface area contributed by atoms with E-state index >= 15 is 0 Å². The monoisotopic (exact) mass is 613 g/mol. The minimum absolute atomic E-state index is 0.0673. The maximum Gasteiger partial charge on any atom is 0.251 e. The Labute approximate surface area is 269 Å². The van der Waals surface area contributed by atoms with Gasteiger partial charge in [-0.1, -0.05) is 13.3 Å². The van der Waals surface area contributed by atoms with Crippen molar-refractivity contribution in [3.05, 3.63) is 88.2 Å². The molecule has 1 atom stereocenters. The van der Waals surface area contributed by atoms with E-state index in [9.17, 15) is 9.59 Å². The van der Waals surface area contributed by atoms with Crippen molar-refractivity contribution in [3.63, 3.8) is 0 Å². The summed E-state index contributed by atoms with van der Waals surface area (Å²) in [5, 5.41) is 6.10. The summed E-state index contributed by atoms with van der Waals surface area (Å²) in [6.45, 7) is 14.4. The number of pyridine rings is 1. The molecule has 8 heteroatoms. The van der Waals surface area contributed by atoms with Crippen molar-refractivity contribution in [2.24, 2.45) is 0 Å². The topological polar surface area (TPSA) is 86.8 Å². The molecule has 0 saturated carbocycles. The van der Waals surface area contributed by atoms with Gasteiger partial charge < -0.3 is 25.2 Å². The smallest absolute Gasteiger partial charge is 0.251 e. The lowest BCUT2D eigenvalue weighted by Crippen LogP contribution is -2.48. The van der Waals surface area contributed by atoms with Gasteiger partial charge in [0.1, 0.15) is 5.75 Å². The third-order valence-corrected chi connectivity index (χ3v) is 9.14. The summed E-state index contributed by atoms with van der Waals surface area (Å²) in [7, 11) is 1.70. The number of aromatic nitrogens is 1. The lowest BCUT2D eigenvalue weighted by atomic mass is 9.98. The molecule has 2 amide bonds. The van der Waals surface area contributed by atoms with Crippen LogP contribution in [-0.4, -0.2) is 67.1 Å². The first-order valence-corrected chi connectivity index (χ1v) is 16.4. The Kier molecular flexibility index (Phi) is 12.4. The van der Waals surface area contributed by atoms with Crippen molar-refractivity contribution in [1.29, 1.82) is 0 Å². The standard InChI is InChI=1S/C37H51N5O3/c1-7-8-17-39-37(44)35-27(3)22-30(23-28(35)4)36(43)40-19-14-29(5)41-20-15-33(16-21-41)42(25-31-24-38-18-13-26(31)2)32-9-11-34(45-6)12-10-32/h9-13,18,22-24,29,33H,7-8,14-17,19-21,25H2,1-6H3,(H,39,44)(H,40,43)/t29-/m1/s1. The third-order valence-electron chi connectivity index (χ3n) is 9.14. The summed E-state index contributed by atoms with van der Waals surface area (Å²) in [6.07, 6.45) is 8.84. The fourth-order valence-electron chi connectivity index (χ4n) is 6.29. The normalized spacial score (nSPS) is 14.5. The van der Waals surface area contributed by atoms with Crippen LogP contribution in [0.4, 0.5) is 5.69 Å². The number of nitrogens with zero attached hydrogens (tertiary/aromatic N) is 3. The van der Waals surface area contributed by atoms with E-state index in [0.717, 1.165) is 68.6 Å². The van der Waals surface area contributed by atoms with Gasteiger partial charge in [0, 0.05) is 74.0 Å². The van der Waals surface area contributed by atoms with Gasteiger partial charge in [0.25, 0.3) is 11.8 Å². The Bertz CT molecular complexity index is 1390. The Morgan fingerprint density at radius 1 is 0.978 bits per heavy atom. The molecule has 3 aromatic rings. The number of aryl methyl sites for hydroxylation is 3. The molecule has 8 nitrogen and oxygen atoms in total. The van der Waals surface area contributed by atoms with Crippen LogP contribution in [0, 0.1) is 20.8 Å². The number of methoxy groups -OCH3 is 1. The van der Waals surface area contributed by atoms with Crippen molar-refractivity contribution in [2.75, 3.05) is 38.2 Å². The summed E-state index contributed by atoms with van der Waals surface area (Å²) >= 11 is 0. The largest absolute Gasteiger partial charge is 0.497 e. The Balaban J connectivity index is 1.30. The van der Waals surface area contributed by atoms with Gasteiger partial charge in [0.05, 0.1) is 7.11 Å². The molecule has 2 heterocycles. The molecule has 1 fully saturated rings. The van der Waals surface area contributed by atoms with Crippen molar-refractivity contribution >= 4 is 17.5 Å². The number of anilines is 1. The van der Waals surface area contributed by atoms with Crippen LogP contribution in [0.5, 0.6) is 5.75 Å². The van der Waals surface area contributed by atoms with Gasteiger partial charge in [-0.15, -0.1) is 0 Å². The third kappa shape index (κ3) is 9.07. The van der Waals surface area contributed by atoms with E-state index in [1.165, 1.54) is 16.8 Å². The number of amides is 2. The van der Waals surface area contributed by atoms with E-state index < -0.39 is 0 Å². The van der Waals surface area contributed by atoms with Crippen molar-refractivity contribution in [1.82, 2.24) is 20.5 Å². The number of likely N-dealkylation sites (tertiary alicyclic amines) is 1. The molecule has 0 radical (unpaired) electrons. The maximum atomic E-state index is 13.0. The fourth-order valence-corrected chi connectivity index (χ4v) is 6.29. The van der Waals surface area contributed by atoms with Crippen molar-refractivity contribution < 1.29 is 14.3 Å². The summed E-state index contributed by atoms with van der Waals surface area (Å²) in [4.78, 5) is 35.1. The van der Waals surface area contributed by atoms with E-state index in [2.05, 4.69) is 64.4 Å². The number of unbranched alkanes of at least 4 members (excludes halogenated alkanes) is 1. The first-order chi connectivity index (χ1) is 21.7. The fraction of sp³-hybridized carbons (Fsp3) is 0.486. The second kappa shape index (κ2) is 16.4. The number of hydrogen-bond acceptors (Lipinski definition) is 6. The molecule has 1 saturated heterocycles. The molecule has 0 bridgehead atoms. The minimum Gasteiger partial charge on any atom is -0.497 e. The van der Waals surface area contributed by atoms with Gasteiger partial charge in [-0.05, 0) is 118 Å². The lowest BCUT2D eigenvalue weighted by Gasteiger charge is -2.42. The first kappa shape index (κ1) is 34.0. The highest BCUT2D eigenvalue weighted by atomic mass is 16.5. The molecular formula is C37H51N5O3. The average molecular weight is 614 g/mol. The zero-order valence-electron chi connectivity index (χ0n) is 28.0.